The third-order valence-electron chi connectivity index (χ3n) is 4.20. The Morgan fingerprint density at radius 3 is 1.92 bits per heavy atom. The number of rotatable bonds is 5. The molecular weight excluding hydrogens is 324 g/mol. The Morgan fingerprint density at radius 2 is 1.40 bits per heavy atom. The van der Waals surface area contributed by atoms with Crippen LogP contribution < -0.4 is 0 Å². The third kappa shape index (κ3) is 2.71. The van der Waals surface area contributed by atoms with Gasteiger partial charge in [0.15, 0.2) is 17.0 Å². The van der Waals surface area contributed by atoms with E-state index in [2.05, 4.69) is 0 Å². The quantitative estimate of drug-likeness (QED) is 0.662. The van der Waals surface area contributed by atoms with E-state index in [0.717, 1.165) is 0 Å². The number of benzene rings is 2. The van der Waals surface area contributed by atoms with Gasteiger partial charge in [-0.2, -0.15) is 0 Å². The fourth-order valence-electron chi connectivity index (χ4n) is 3.00. The molecule has 0 aliphatic heterocycles. The van der Waals surface area contributed by atoms with Gasteiger partial charge in [-0.05, 0) is 5.56 Å². The predicted octanol–water partition coefficient (Wildman–Crippen LogP) is 2.02. The molecule has 126 valence electrons. The molecule has 1 N–H and O–H groups in total. The summed E-state index contributed by atoms with van der Waals surface area (Å²) in [5.41, 5.74) is -0.736. The van der Waals surface area contributed by atoms with Crippen LogP contribution in [0.1, 0.15) is 32.7 Å². The minimum atomic E-state index is -1.68. The van der Waals surface area contributed by atoms with Crippen LogP contribution in [0.3, 0.4) is 0 Å². The molecule has 0 heterocycles. The lowest BCUT2D eigenvalue weighted by Gasteiger charge is -2.25. The number of hydrogen-bond donors (Lipinski definition) is 1. The maximum Gasteiger partial charge on any atom is 0.317 e. The van der Waals surface area contributed by atoms with E-state index in [9.17, 15) is 19.2 Å². The van der Waals surface area contributed by atoms with Crippen LogP contribution in [-0.4, -0.2) is 35.2 Å². The van der Waals surface area contributed by atoms with E-state index in [1.807, 2.05) is 0 Å². The number of ketones is 2. The lowest BCUT2D eigenvalue weighted by atomic mass is 9.76. The molecule has 1 aliphatic rings. The number of aliphatic carboxylic acids is 1. The zero-order valence-electron chi connectivity index (χ0n) is 13.1. The van der Waals surface area contributed by atoms with E-state index in [4.69, 9.17) is 9.84 Å². The van der Waals surface area contributed by atoms with Crippen LogP contribution >= 0.6 is 0 Å². The molecule has 0 aromatic heterocycles. The van der Waals surface area contributed by atoms with Crippen molar-refractivity contribution in [3.63, 3.8) is 0 Å². The summed E-state index contributed by atoms with van der Waals surface area (Å²) in [6.07, 6.45) is -0.833. The Morgan fingerprint density at radius 1 is 0.880 bits per heavy atom. The number of fused-ring (bicyclic) bond motifs is 1. The zero-order valence-corrected chi connectivity index (χ0v) is 13.1. The highest BCUT2D eigenvalue weighted by Crippen LogP contribution is 2.40. The van der Waals surface area contributed by atoms with Crippen molar-refractivity contribution in [1.29, 1.82) is 0 Å². The number of ether oxygens (including phenoxy) is 1. The Hall–Kier alpha value is -3.28. The van der Waals surface area contributed by atoms with E-state index in [-0.39, 0.29) is 11.1 Å². The highest BCUT2D eigenvalue weighted by atomic mass is 16.5. The van der Waals surface area contributed by atoms with Gasteiger partial charge in [0.05, 0.1) is 0 Å². The van der Waals surface area contributed by atoms with Crippen molar-refractivity contribution in [1.82, 2.24) is 0 Å². The molecule has 25 heavy (non-hydrogen) atoms. The molecule has 6 heteroatoms. The number of carboxylic acids is 1. The predicted molar refractivity (Wildman–Crippen MR) is 86.4 cm³/mol. The summed E-state index contributed by atoms with van der Waals surface area (Å²) in [6.45, 7) is -0.532. The van der Waals surface area contributed by atoms with Crippen LogP contribution in [0.25, 0.3) is 0 Å². The summed E-state index contributed by atoms with van der Waals surface area (Å²) >= 11 is 0. The van der Waals surface area contributed by atoms with E-state index >= 15 is 0 Å². The maximum atomic E-state index is 13.0. The molecular formula is C19H14O6. The van der Waals surface area contributed by atoms with Gasteiger partial charge in [0.2, 0.25) is 0 Å². The Kier molecular flexibility index (Phi) is 4.19. The molecule has 0 unspecified atom stereocenters. The first-order valence-corrected chi connectivity index (χ1v) is 7.58. The first-order chi connectivity index (χ1) is 12.0. The topological polar surface area (TPSA) is 97.7 Å². The van der Waals surface area contributed by atoms with E-state index in [1.165, 1.54) is 0 Å². The number of carboxylic acid groups (broad SMARTS) is 1. The molecule has 0 amide bonds. The van der Waals surface area contributed by atoms with Crippen LogP contribution in [0.5, 0.6) is 0 Å². The largest absolute Gasteiger partial charge is 0.481 e. The van der Waals surface area contributed by atoms with E-state index < -0.39 is 41.9 Å². The van der Waals surface area contributed by atoms with E-state index in [1.54, 1.807) is 54.6 Å². The number of esters is 1. The second-order valence-electron chi connectivity index (χ2n) is 5.71. The van der Waals surface area contributed by atoms with Gasteiger partial charge in [-0.3, -0.25) is 19.2 Å². The summed E-state index contributed by atoms with van der Waals surface area (Å²) < 4.78 is 5.01. The minimum absolute atomic E-state index is 0.269. The summed E-state index contributed by atoms with van der Waals surface area (Å²) in [5, 5.41) is 8.67. The highest BCUT2D eigenvalue weighted by molar-refractivity contribution is 6.33. The number of hydrogen-bond acceptors (Lipinski definition) is 5. The molecule has 3 rings (SSSR count). The third-order valence-corrected chi connectivity index (χ3v) is 4.20. The fraction of sp³-hybridized carbons (Fsp3) is 0.158. The summed E-state index contributed by atoms with van der Waals surface area (Å²) in [7, 11) is 0. The van der Waals surface area contributed by atoms with E-state index in [0.29, 0.717) is 5.56 Å². The lowest BCUT2D eigenvalue weighted by Crippen LogP contribution is -2.43. The average Bonchev–Trinajstić information content (AvgIpc) is 2.83. The van der Waals surface area contributed by atoms with Gasteiger partial charge in [0.1, 0.15) is 13.0 Å². The Balaban J connectivity index is 2.04. The van der Waals surface area contributed by atoms with Crippen molar-refractivity contribution in [3.8, 4) is 0 Å². The SMILES string of the molecule is O=C(O)CC(=O)OCC1(c2ccccc2)C(=O)c2ccccc2C1=O. The van der Waals surface area contributed by atoms with Gasteiger partial charge in [0, 0.05) is 11.1 Å². The Labute approximate surface area is 143 Å². The standard InChI is InChI=1S/C19H14O6/c20-15(21)10-16(22)25-11-19(12-6-2-1-3-7-12)17(23)13-8-4-5-9-14(13)18(19)24/h1-9H,10-11H2,(H,20,21). The normalized spacial score (nSPS) is 14.9. The molecule has 0 saturated carbocycles. The van der Waals surface area contributed by atoms with Crippen LogP contribution in [0.2, 0.25) is 0 Å². The first-order valence-electron chi connectivity index (χ1n) is 7.58. The van der Waals surface area contributed by atoms with Crippen molar-refractivity contribution in [3.05, 3.63) is 71.3 Å². The van der Waals surface area contributed by atoms with Crippen LogP contribution in [0, 0.1) is 0 Å². The second kappa shape index (κ2) is 6.32. The zero-order chi connectivity index (χ0) is 18.0. The van der Waals surface area contributed by atoms with Crippen molar-refractivity contribution >= 4 is 23.5 Å². The summed E-state index contributed by atoms with van der Waals surface area (Å²) in [5.74, 6) is -3.25. The molecule has 0 saturated heterocycles. The highest BCUT2D eigenvalue weighted by Gasteiger charge is 2.55. The maximum absolute atomic E-state index is 13.0. The van der Waals surface area contributed by atoms with Crippen LogP contribution in [0.4, 0.5) is 0 Å². The monoisotopic (exact) mass is 338 g/mol. The molecule has 0 fully saturated rings. The van der Waals surface area contributed by atoms with Gasteiger partial charge in [-0.15, -0.1) is 0 Å². The number of carbonyl (C=O) groups excluding carboxylic acids is 3. The van der Waals surface area contributed by atoms with Crippen molar-refractivity contribution in [2.45, 2.75) is 11.8 Å². The number of carbonyl (C=O) groups is 4. The van der Waals surface area contributed by atoms with Crippen molar-refractivity contribution in [2.24, 2.45) is 0 Å². The molecule has 6 nitrogen and oxygen atoms in total. The molecule has 0 bridgehead atoms. The average molecular weight is 338 g/mol. The fourth-order valence-corrected chi connectivity index (χ4v) is 3.00. The summed E-state index contributed by atoms with van der Waals surface area (Å²) in [6, 6.07) is 14.8. The molecule has 0 atom stereocenters. The smallest absolute Gasteiger partial charge is 0.317 e. The van der Waals surface area contributed by atoms with Gasteiger partial charge in [-0.1, -0.05) is 54.6 Å². The molecule has 0 spiro atoms. The lowest BCUT2D eigenvalue weighted by molar-refractivity contribution is -0.151. The Bertz CT molecular complexity index is 833. The van der Waals surface area contributed by atoms with Gasteiger partial charge in [0.25, 0.3) is 0 Å². The molecule has 2 aromatic carbocycles. The first kappa shape index (κ1) is 16.6. The molecule has 2 aromatic rings. The van der Waals surface area contributed by atoms with Crippen LogP contribution in [-0.2, 0) is 19.7 Å². The van der Waals surface area contributed by atoms with Crippen molar-refractivity contribution in [2.75, 3.05) is 6.61 Å². The summed E-state index contributed by atoms with van der Waals surface area (Å²) in [4.78, 5) is 48.3. The van der Waals surface area contributed by atoms with Gasteiger partial charge in [-0.25, -0.2) is 0 Å². The van der Waals surface area contributed by atoms with Crippen LogP contribution in [0.15, 0.2) is 54.6 Å². The second-order valence-corrected chi connectivity index (χ2v) is 5.71. The molecule has 1 aliphatic carbocycles. The van der Waals surface area contributed by atoms with Gasteiger partial charge < -0.3 is 9.84 Å². The number of Topliss-reactive ketones (excluding diaryl/α,β-unsaturated/α-hetero) is 2. The minimum Gasteiger partial charge on any atom is -0.481 e. The van der Waals surface area contributed by atoms with Crippen molar-refractivity contribution < 1.29 is 29.0 Å². The van der Waals surface area contributed by atoms with Gasteiger partial charge >= 0.3 is 11.9 Å². The molecule has 0 radical (unpaired) electrons.